The molecule has 0 fully saturated rings. The van der Waals surface area contributed by atoms with Gasteiger partial charge in [-0.15, -0.1) is 0 Å². The molecule has 0 bridgehead atoms. The molecule has 1 heterocycles. The van der Waals surface area contributed by atoms with Crippen LogP contribution in [-0.4, -0.2) is 33.0 Å². The van der Waals surface area contributed by atoms with E-state index in [4.69, 9.17) is 14.2 Å². The van der Waals surface area contributed by atoms with Crippen LogP contribution in [0.2, 0.25) is 0 Å². The molecule has 2 unspecified atom stereocenters. The number of carbonyl (C=O) groups is 2. The second kappa shape index (κ2) is 8.75. The second-order valence-corrected chi connectivity index (χ2v) is 8.65. The Morgan fingerprint density at radius 2 is 1.52 bits per heavy atom. The van der Waals surface area contributed by atoms with Gasteiger partial charge in [-0.25, -0.2) is 0 Å². The van der Waals surface area contributed by atoms with E-state index in [9.17, 15) is 9.59 Å². The van der Waals surface area contributed by atoms with Crippen LogP contribution in [0.3, 0.4) is 0 Å². The van der Waals surface area contributed by atoms with Gasteiger partial charge in [-0.05, 0) is 47.7 Å². The molecular weight excluding hydrogens is 462 g/mol. The van der Waals surface area contributed by atoms with Gasteiger partial charge in [0.25, 0.3) is 0 Å². The number of ether oxygens (including phenoxy) is 3. The van der Waals surface area contributed by atoms with Crippen LogP contribution in [0.25, 0.3) is 0 Å². The Kier molecular flexibility index (Phi) is 6.05. The van der Waals surface area contributed by atoms with Crippen molar-refractivity contribution in [3.05, 3.63) is 63.3 Å². The first-order valence-electron chi connectivity index (χ1n) is 10.1. The third-order valence-corrected chi connectivity index (χ3v) is 6.50. The largest absolute Gasteiger partial charge is 0.493 e. The highest BCUT2D eigenvalue weighted by Gasteiger charge is 2.38. The van der Waals surface area contributed by atoms with Gasteiger partial charge in [0.05, 0.1) is 21.3 Å². The monoisotopic (exact) mass is 485 g/mol. The predicted octanol–water partition coefficient (Wildman–Crippen LogP) is 4.48. The number of nitrogens with one attached hydrogen (secondary N) is 1. The summed E-state index contributed by atoms with van der Waals surface area (Å²) in [5.41, 5.74) is 3.34. The van der Waals surface area contributed by atoms with Crippen molar-refractivity contribution in [3.63, 3.8) is 0 Å². The van der Waals surface area contributed by atoms with Crippen molar-refractivity contribution < 1.29 is 23.8 Å². The molecular formula is C24H24BrNO5. The average Bonchev–Trinajstić information content (AvgIpc) is 2.77. The number of hydrogen-bond donors (Lipinski definition) is 1. The molecule has 0 aromatic heterocycles. The molecule has 2 atom stereocenters. The van der Waals surface area contributed by atoms with Crippen LogP contribution in [0.1, 0.15) is 42.2 Å². The minimum absolute atomic E-state index is 0.0629. The smallest absolute Gasteiger partial charge is 0.225 e. The Labute approximate surface area is 189 Å². The van der Waals surface area contributed by atoms with Crippen LogP contribution in [0.4, 0.5) is 0 Å². The number of hydrogen-bond acceptors (Lipinski definition) is 5. The summed E-state index contributed by atoms with van der Waals surface area (Å²) in [4.78, 5) is 25.8. The fraction of sp³-hybridized carbons (Fsp3) is 0.333. The maximum Gasteiger partial charge on any atom is 0.225 e. The number of rotatable bonds is 5. The lowest BCUT2D eigenvalue weighted by atomic mass is 9.73. The Bertz CT molecular complexity index is 1040. The lowest BCUT2D eigenvalue weighted by Gasteiger charge is -2.34. The number of halogens is 1. The molecule has 0 spiro atoms. The highest BCUT2D eigenvalue weighted by molar-refractivity contribution is 9.10. The molecule has 0 saturated carbocycles. The molecule has 1 aliphatic carbocycles. The van der Waals surface area contributed by atoms with Gasteiger partial charge in [-0.3, -0.25) is 9.59 Å². The van der Waals surface area contributed by atoms with Gasteiger partial charge in [0.15, 0.2) is 17.3 Å². The van der Waals surface area contributed by atoms with Gasteiger partial charge in [0, 0.05) is 34.5 Å². The number of methoxy groups -OCH3 is 3. The molecule has 162 valence electrons. The van der Waals surface area contributed by atoms with E-state index in [-0.39, 0.29) is 29.9 Å². The van der Waals surface area contributed by atoms with Crippen LogP contribution in [0.5, 0.6) is 17.2 Å². The summed E-state index contributed by atoms with van der Waals surface area (Å²) in [6.45, 7) is 0. The topological polar surface area (TPSA) is 73.9 Å². The molecule has 7 heteroatoms. The maximum atomic E-state index is 13.3. The molecule has 2 aliphatic rings. The van der Waals surface area contributed by atoms with Crippen LogP contribution >= 0.6 is 15.9 Å². The van der Waals surface area contributed by atoms with Crippen molar-refractivity contribution in [2.75, 3.05) is 21.3 Å². The van der Waals surface area contributed by atoms with Crippen molar-refractivity contribution in [2.45, 2.75) is 31.1 Å². The van der Waals surface area contributed by atoms with Crippen molar-refractivity contribution in [1.82, 2.24) is 5.32 Å². The summed E-state index contributed by atoms with van der Waals surface area (Å²) in [7, 11) is 4.69. The Hall–Kier alpha value is -2.80. The summed E-state index contributed by atoms with van der Waals surface area (Å²) < 4.78 is 17.3. The van der Waals surface area contributed by atoms with Crippen molar-refractivity contribution in [3.8, 4) is 17.2 Å². The molecule has 2 aromatic rings. The Morgan fingerprint density at radius 3 is 2.10 bits per heavy atom. The average molecular weight is 486 g/mol. The molecule has 0 radical (unpaired) electrons. The van der Waals surface area contributed by atoms with Gasteiger partial charge >= 0.3 is 0 Å². The van der Waals surface area contributed by atoms with Crippen LogP contribution < -0.4 is 19.5 Å². The third kappa shape index (κ3) is 4.06. The van der Waals surface area contributed by atoms with E-state index in [1.165, 1.54) is 0 Å². The quantitative estimate of drug-likeness (QED) is 0.675. The number of allylic oxidation sites excluding steroid dienone is 2. The van der Waals surface area contributed by atoms with E-state index in [2.05, 4.69) is 21.2 Å². The highest BCUT2D eigenvalue weighted by Crippen LogP contribution is 2.46. The first-order chi connectivity index (χ1) is 14.9. The zero-order chi connectivity index (χ0) is 22.1. The Balaban J connectivity index is 1.72. The van der Waals surface area contributed by atoms with Crippen molar-refractivity contribution >= 4 is 27.6 Å². The highest BCUT2D eigenvalue weighted by atomic mass is 79.9. The standard InChI is InChI=1S/C24H24BrNO5/c1-29-20-10-15(11-21(30-2)24(20)31-3)14-8-18-23(19(27)9-14)17(12-22(28)26-18)13-4-6-16(25)7-5-13/h4-7,10-11,14,17H,8-9,12H2,1-3H3,(H,26,28). The molecule has 1 amide bonds. The molecule has 0 saturated heterocycles. The van der Waals surface area contributed by atoms with Crippen molar-refractivity contribution in [2.24, 2.45) is 0 Å². The maximum absolute atomic E-state index is 13.3. The molecule has 6 nitrogen and oxygen atoms in total. The van der Waals surface area contributed by atoms with Gasteiger partial charge < -0.3 is 19.5 Å². The minimum Gasteiger partial charge on any atom is -0.493 e. The summed E-state index contributed by atoms with van der Waals surface area (Å²) in [6.07, 6.45) is 1.21. The number of carbonyl (C=O) groups excluding carboxylic acids is 2. The third-order valence-electron chi connectivity index (χ3n) is 5.97. The zero-order valence-corrected chi connectivity index (χ0v) is 19.2. The van der Waals surface area contributed by atoms with Crippen molar-refractivity contribution in [1.29, 1.82) is 0 Å². The second-order valence-electron chi connectivity index (χ2n) is 7.74. The van der Waals surface area contributed by atoms with E-state index in [0.717, 1.165) is 26.9 Å². The SMILES string of the molecule is COc1cc(C2CC(=O)C3=C(C2)NC(=O)CC3c2ccc(Br)cc2)cc(OC)c1OC. The van der Waals surface area contributed by atoms with Crippen LogP contribution in [-0.2, 0) is 9.59 Å². The van der Waals surface area contributed by atoms with E-state index >= 15 is 0 Å². The number of Topliss-reactive ketones (excluding diaryl/α,β-unsaturated/α-hetero) is 1. The number of benzene rings is 2. The fourth-order valence-corrected chi connectivity index (χ4v) is 4.78. The van der Waals surface area contributed by atoms with E-state index < -0.39 is 0 Å². The zero-order valence-electron chi connectivity index (χ0n) is 17.7. The number of amides is 1. The van der Waals surface area contributed by atoms with Gasteiger partial charge in [0.1, 0.15) is 0 Å². The molecule has 1 N–H and O–H groups in total. The number of ketones is 1. The summed E-state index contributed by atoms with van der Waals surface area (Å²) in [6, 6.07) is 11.6. The van der Waals surface area contributed by atoms with E-state index in [1.54, 1.807) is 21.3 Å². The first kappa shape index (κ1) is 21.4. The molecule has 1 aliphatic heterocycles. The van der Waals surface area contributed by atoms with Crippen LogP contribution in [0, 0.1) is 0 Å². The van der Waals surface area contributed by atoms with Gasteiger partial charge in [-0.2, -0.15) is 0 Å². The molecule has 2 aromatic carbocycles. The lowest BCUT2D eigenvalue weighted by Crippen LogP contribution is -2.38. The van der Waals surface area contributed by atoms with Gasteiger partial charge in [0.2, 0.25) is 11.7 Å². The summed E-state index contributed by atoms with van der Waals surface area (Å²) in [5, 5.41) is 2.96. The fourth-order valence-electron chi connectivity index (χ4n) is 4.51. The lowest BCUT2D eigenvalue weighted by molar-refractivity contribution is -0.122. The first-order valence-corrected chi connectivity index (χ1v) is 10.9. The Morgan fingerprint density at radius 1 is 0.871 bits per heavy atom. The summed E-state index contributed by atoms with van der Waals surface area (Å²) in [5.74, 6) is 1.29. The van der Waals surface area contributed by atoms with Crippen LogP contribution in [0.15, 0.2) is 52.1 Å². The molecule has 31 heavy (non-hydrogen) atoms. The van der Waals surface area contributed by atoms with E-state index in [0.29, 0.717) is 30.1 Å². The minimum atomic E-state index is -0.217. The normalized spacial score (nSPS) is 20.8. The van der Waals surface area contributed by atoms with E-state index in [1.807, 2.05) is 36.4 Å². The molecule has 4 rings (SSSR count). The predicted molar refractivity (Wildman–Crippen MR) is 120 cm³/mol. The summed E-state index contributed by atoms with van der Waals surface area (Å²) >= 11 is 3.44. The van der Waals surface area contributed by atoms with Gasteiger partial charge in [-0.1, -0.05) is 28.1 Å².